The predicted octanol–water partition coefficient (Wildman–Crippen LogP) is 1.62. The molecule has 0 spiro atoms. The standard InChI is InChI=1S/C13H16O4/c1-16-12(14)6-10-8-3-4-9(5-8)11(10)7-13(15)17-2/h3-4,8-9H,5-7H2,1-2H3. The van der Waals surface area contributed by atoms with E-state index < -0.39 is 0 Å². The van der Waals surface area contributed by atoms with E-state index in [2.05, 4.69) is 21.6 Å². The Bertz CT molecular complexity index is 370. The number of methoxy groups -OCH3 is 2. The Morgan fingerprint density at radius 1 is 1.06 bits per heavy atom. The molecule has 0 fully saturated rings. The number of ether oxygens (including phenoxy) is 2. The largest absolute Gasteiger partial charge is 0.469 e. The minimum atomic E-state index is -0.247. The van der Waals surface area contributed by atoms with Crippen molar-refractivity contribution in [2.45, 2.75) is 19.3 Å². The summed E-state index contributed by atoms with van der Waals surface area (Å²) in [7, 11) is 2.76. The summed E-state index contributed by atoms with van der Waals surface area (Å²) in [6, 6.07) is 0. The molecular formula is C13H16O4. The van der Waals surface area contributed by atoms with Crippen LogP contribution in [-0.2, 0) is 19.1 Å². The lowest BCUT2D eigenvalue weighted by atomic mass is 9.92. The molecule has 2 rings (SSSR count). The second-order valence-corrected chi connectivity index (χ2v) is 4.39. The molecule has 2 unspecified atom stereocenters. The quantitative estimate of drug-likeness (QED) is 0.549. The molecular weight excluding hydrogens is 220 g/mol. The van der Waals surface area contributed by atoms with Gasteiger partial charge in [-0.3, -0.25) is 9.59 Å². The molecule has 17 heavy (non-hydrogen) atoms. The molecule has 4 heteroatoms. The van der Waals surface area contributed by atoms with Crippen molar-refractivity contribution in [2.75, 3.05) is 14.2 Å². The summed E-state index contributed by atoms with van der Waals surface area (Å²) in [6.45, 7) is 0. The molecule has 92 valence electrons. The number of carbonyl (C=O) groups excluding carboxylic acids is 2. The maximum absolute atomic E-state index is 11.3. The monoisotopic (exact) mass is 236 g/mol. The van der Waals surface area contributed by atoms with Gasteiger partial charge in [0.25, 0.3) is 0 Å². The van der Waals surface area contributed by atoms with Crippen LogP contribution in [0.2, 0.25) is 0 Å². The number of allylic oxidation sites excluding steroid dienone is 2. The number of rotatable bonds is 4. The molecule has 2 atom stereocenters. The normalized spacial score (nSPS) is 25.3. The molecule has 2 aliphatic carbocycles. The van der Waals surface area contributed by atoms with Crippen LogP contribution in [0.5, 0.6) is 0 Å². The SMILES string of the molecule is COC(=O)CC1=C(CC(=O)OC)C2C=CC1C2. The van der Waals surface area contributed by atoms with Gasteiger partial charge in [-0.05, 0) is 18.3 Å². The fourth-order valence-electron chi connectivity index (χ4n) is 2.64. The van der Waals surface area contributed by atoms with Gasteiger partial charge in [0.05, 0.1) is 27.1 Å². The van der Waals surface area contributed by atoms with Crippen molar-refractivity contribution in [3.63, 3.8) is 0 Å². The van der Waals surface area contributed by atoms with Crippen LogP contribution in [-0.4, -0.2) is 26.2 Å². The molecule has 0 saturated heterocycles. The van der Waals surface area contributed by atoms with Crippen LogP contribution in [0.3, 0.4) is 0 Å². The van der Waals surface area contributed by atoms with E-state index in [1.807, 2.05) is 0 Å². The lowest BCUT2D eigenvalue weighted by molar-refractivity contribution is -0.141. The highest BCUT2D eigenvalue weighted by Gasteiger charge is 2.36. The van der Waals surface area contributed by atoms with Crippen molar-refractivity contribution in [2.24, 2.45) is 11.8 Å². The molecule has 0 amide bonds. The van der Waals surface area contributed by atoms with Gasteiger partial charge in [-0.2, -0.15) is 0 Å². The van der Waals surface area contributed by atoms with E-state index in [4.69, 9.17) is 0 Å². The number of fused-ring (bicyclic) bond motifs is 2. The zero-order chi connectivity index (χ0) is 12.4. The summed E-state index contributed by atoms with van der Waals surface area (Å²) in [5.74, 6) is 0.115. The molecule has 0 aromatic heterocycles. The highest BCUT2D eigenvalue weighted by atomic mass is 16.5. The van der Waals surface area contributed by atoms with Gasteiger partial charge >= 0.3 is 11.9 Å². The van der Waals surface area contributed by atoms with Crippen molar-refractivity contribution in [3.8, 4) is 0 Å². The first-order valence-corrected chi connectivity index (χ1v) is 5.69. The van der Waals surface area contributed by atoms with Crippen LogP contribution >= 0.6 is 0 Å². The second kappa shape index (κ2) is 4.73. The van der Waals surface area contributed by atoms with Crippen LogP contribution in [0.1, 0.15) is 19.3 Å². The second-order valence-electron chi connectivity index (χ2n) is 4.39. The summed E-state index contributed by atoms with van der Waals surface area (Å²) in [4.78, 5) is 22.7. The number of hydrogen-bond donors (Lipinski definition) is 0. The molecule has 4 nitrogen and oxygen atoms in total. The van der Waals surface area contributed by atoms with Crippen molar-refractivity contribution in [1.29, 1.82) is 0 Å². The number of carbonyl (C=O) groups is 2. The molecule has 0 N–H and O–H groups in total. The minimum absolute atomic E-state index is 0.247. The Labute approximate surface area is 100 Å². The van der Waals surface area contributed by atoms with Crippen molar-refractivity contribution in [3.05, 3.63) is 23.3 Å². The molecule has 0 heterocycles. The van der Waals surface area contributed by atoms with Gasteiger partial charge in [0, 0.05) is 0 Å². The Morgan fingerprint density at radius 3 is 1.82 bits per heavy atom. The van der Waals surface area contributed by atoms with Gasteiger partial charge in [-0.15, -0.1) is 0 Å². The Morgan fingerprint density at radius 2 is 1.47 bits per heavy atom. The molecule has 0 aromatic carbocycles. The Kier molecular flexibility index (Phi) is 3.31. The van der Waals surface area contributed by atoms with E-state index in [0.717, 1.165) is 17.6 Å². The summed E-state index contributed by atoms with van der Waals surface area (Å²) < 4.78 is 9.37. The van der Waals surface area contributed by atoms with Gasteiger partial charge in [0.1, 0.15) is 0 Å². The van der Waals surface area contributed by atoms with Gasteiger partial charge in [-0.1, -0.05) is 23.3 Å². The van der Waals surface area contributed by atoms with E-state index in [0.29, 0.717) is 11.8 Å². The van der Waals surface area contributed by atoms with E-state index in [9.17, 15) is 9.59 Å². The third-order valence-corrected chi connectivity index (χ3v) is 3.52. The van der Waals surface area contributed by atoms with Crippen molar-refractivity contribution < 1.29 is 19.1 Å². The summed E-state index contributed by atoms with van der Waals surface area (Å²) in [5.41, 5.74) is 2.10. The Hall–Kier alpha value is -1.58. The number of hydrogen-bond acceptors (Lipinski definition) is 4. The maximum atomic E-state index is 11.3. The fraction of sp³-hybridized carbons (Fsp3) is 0.538. The van der Waals surface area contributed by atoms with E-state index in [-0.39, 0.29) is 24.8 Å². The fourth-order valence-corrected chi connectivity index (χ4v) is 2.64. The van der Waals surface area contributed by atoms with Gasteiger partial charge in [0.2, 0.25) is 0 Å². The van der Waals surface area contributed by atoms with Gasteiger partial charge in [-0.25, -0.2) is 0 Å². The smallest absolute Gasteiger partial charge is 0.309 e. The molecule has 0 aliphatic heterocycles. The van der Waals surface area contributed by atoms with Crippen LogP contribution in [0, 0.1) is 11.8 Å². The first-order valence-electron chi connectivity index (χ1n) is 5.69. The average molecular weight is 236 g/mol. The highest BCUT2D eigenvalue weighted by molar-refractivity contribution is 5.77. The topological polar surface area (TPSA) is 52.6 Å². The third-order valence-electron chi connectivity index (χ3n) is 3.52. The minimum Gasteiger partial charge on any atom is -0.469 e. The van der Waals surface area contributed by atoms with E-state index in [1.165, 1.54) is 14.2 Å². The molecule has 0 radical (unpaired) electrons. The van der Waals surface area contributed by atoms with Crippen molar-refractivity contribution >= 4 is 11.9 Å². The predicted molar refractivity (Wildman–Crippen MR) is 61.0 cm³/mol. The average Bonchev–Trinajstić information content (AvgIpc) is 2.91. The van der Waals surface area contributed by atoms with Crippen LogP contribution in [0.25, 0.3) is 0 Å². The molecule has 2 bridgehead atoms. The van der Waals surface area contributed by atoms with Gasteiger partial charge in [0.15, 0.2) is 0 Å². The summed E-state index contributed by atoms with van der Waals surface area (Å²) in [6.07, 6.45) is 5.79. The summed E-state index contributed by atoms with van der Waals surface area (Å²) in [5, 5.41) is 0. The third kappa shape index (κ3) is 2.25. The molecule has 0 aromatic rings. The van der Waals surface area contributed by atoms with Crippen LogP contribution in [0.15, 0.2) is 23.3 Å². The zero-order valence-electron chi connectivity index (χ0n) is 10.1. The number of esters is 2. The van der Waals surface area contributed by atoms with Crippen molar-refractivity contribution in [1.82, 2.24) is 0 Å². The zero-order valence-corrected chi connectivity index (χ0v) is 10.1. The van der Waals surface area contributed by atoms with Gasteiger partial charge < -0.3 is 9.47 Å². The first kappa shape index (κ1) is 11.9. The maximum Gasteiger partial charge on any atom is 0.309 e. The molecule has 2 aliphatic rings. The summed E-state index contributed by atoms with van der Waals surface area (Å²) >= 11 is 0. The van der Waals surface area contributed by atoms with Crippen LogP contribution < -0.4 is 0 Å². The highest BCUT2D eigenvalue weighted by Crippen LogP contribution is 2.46. The van der Waals surface area contributed by atoms with Crippen LogP contribution in [0.4, 0.5) is 0 Å². The lowest BCUT2D eigenvalue weighted by Crippen LogP contribution is -2.10. The molecule has 0 saturated carbocycles. The van der Waals surface area contributed by atoms with E-state index in [1.54, 1.807) is 0 Å². The lowest BCUT2D eigenvalue weighted by Gasteiger charge is -2.14. The Balaban J connectivity index is 2.16. The first-order chi connectivity index (χ1) is 8.15. The van der Waals surface area contributed by atoms with E-state index >= 15 is 0 Å².